The van der Waals surface area contributed by atoms with E-state index in [0.717, 1.165) is 23.1 Å². The number of nitrogens with zero attached hydrogens (tertiary/aromatic N) is 2. The monoisotopic (exact) mass is 466 g/mol. The largest absolute Gasteiger partial charge is 0.390 e. The van der Waals surface area contributed by atoms with Crippen molar-refractivity contribution in [3.8, 4) is 22.4 Å². The minimum atomic E-state index is -3.30. The van der Waals surface area contributed by atoms with E-state index in [1.165, 1.54) is 11.8 Å². The summed E-state index contributed by atoms with van der Waals surface area (Å²) in [5.74, 6) is 0. The molecule has 32 heavy (non-hydrogen) atoms. The lowest BCUT2D eigenvalue weighted by atomic mass is 9.99. The molecule has 4 rings (SSSR count). The van der Waals surface area contributed by atoms with Crippen molar-refractivity contribution in [2.24, 2.45) is 0 Å². The van der Waals surface area contributed by atoms with Crippen LogP contribution >= 0.6 is 11.6 Å². The van der Waals surface area contributed by atoms with Gasteiger partial charge in [0.05, 0.1) is 17.2 Å². The van der Waals surface area contributed by atoms with Crippen molar-refractivity contribution >= 4 is 21.4 Å². The average molecular weight is 467 g/mol. The van der Waals surface area contributed by atoms with Crippen LogP contribution < -0.4 is 0 Å². The molecule has 0 unspecified atom stereocenters. The van der Waals surface area contributed by atoms with E-state index in [1.807, 2.05) is 35.0 Å². The van der Waals surface area contributed by atoms with E-state index in [2.05, 4.69) is 12.1 Å². The first-order valence-electron chi connectivity index (χ1n) is 10.2. The Kier molecular flexibility index (Phi) is 6.46. The zero-order chi connectivity index (χ0) is 22.7. The van der Waals surface area contributed by atoms with Gasteiger partial charge in [0.25, 0.3) is 0 Å². The predicted molar refractivity (Wildman–Crippen MR) is 127 cm³/mol. The zero-order valence-electron chi connectivity index (χ0n) is 17.6. The molecule has 0 amide bonds. The number of aromatic nitrogens is 2. The second-order valence-electron chi connectivity index (χ2n) is 7.59. The van der Waals surface area contributed by atoms with E-state index in [-0.39, 0.29) is 11.5 Å². The van der Waals surface area contributed by atoms with Gasteiger partial charge in [0.2, 0.25) is 0 Å². The summed E-state index contributed by atoms with van der Waals surface area (Å²) in [5.41, 5.74) is 5.03. The zero-order valence-corrected chi connectivity index (χ0v) is 19.1. The van der Waals surface area contributed by atoms with Gasteiger partial charge in [-0.1, -0.05) is 66.2 Å². The van der Waals surface area contributed by atoms with Crippen LogP contribution in [0.3, 0.4) is 0 Å². The number of rotatable bonds is 7. The molecule has 5 nitrogen and oxygen atoms in total. The van der Waals surface area contributed by atoms with E-state index in [1.54, 1.807) is 36.4 Å². The molecule has 1 N–H and O–H groups in total. The number of hydrogen-bond acceptors (Lipinski definition) is 4. The highest BCUT2D eigenvalue weighted by atomic mass is 35.5. The molecule has 0 saturated heterocycles. The molecule has 0 saturated carbocycles. The Morgan fingerprint density at radius 3 is 2.12 bits per heavy atom. The van der Waals surface area contributed by atoms with E-state index >= 15 is 0 Å². The van der Waals surface area contributed by atoms with Gasteiger partial charge in [-0.05, 0) is 41.8 Å². The number of benzene rings is 3. The summed E-state index contributed by atoms with van der Waals surface area (Å²) in [7, 11) is -3.30. The van der Waals surface area contributed by atoms with Gasteiger partial charge in [-0.15, -0.1) is 0 Å². The fourth-order valence-electron chi connectivity index (χ4n) is 3.70. The molecule has 164 valence electrons. The Labute approximate surface area is 192 Å². The molecular weight excluding hydrogens is 444 g/mol. The van der Waals surface area contributed by atoms with Crippen molar-refractivity contribution in [3.63, 3.8) is 0 Å². The van der Waals surface area contributed by atoms with Crippen LogP contribution in [0.15, 0.2) is 83.8 Å². The van der Waals surface area contributed by atoms with Crippen LogP contribution in [0, 0.1) is 0 Å². The molecular formula is C25H23ClN2O3S. The first-order valence-corrected chi connectivity index (χ1v) is 12.4. The molecule has 0 bridgehead atoms. The quantitative estimate of drug-likeness (QED) is 0.415. The summed E-state index contributed by atoms with van der Waals surface area (Å²) >= 11 is 6.09. The minimum absolute atomic E-state index is 0.179. The number of aliphatic hydroxyl groups is 1. The van der Waals surface area contributed by atoms with E-state index in [9.17, 15) is 13.5 Å². The van der Waals surface area contributed by atoms with Crippen LogP contribution in [0.4, 0.5) is 0 Å². The number of aliphatic hydroxyl groups excluding tert-OH is 1. The van der Waals surface area contributed by atoms with Crippen molar-refractivity contribution in [2.45, 2.75) is 24.5 Å². The van der Waals surface area contributed by atoms with Gasteiger partial charge >= 0.3 is 0 Å². The number of hydrogen-bond donors (Lipinski definition) is 1. The van der Waals surface area contributed by atoms with Crippen LogP contribution in [-0.4, -0.2) is 29.6 Å². The molecule has 0 atom stereocenters. The third-order valence-electron chi connectivity index (χ3n) is 5.35. The molecule has 0 aliphatic rings. The number of aryl methyl sites for hydroxylation is 2. The second-order valence-corrected chi connectivity index (χ2v) is 10.0. The summed E-state index contributed by atoms with van der Waals surface area (Å²) in [4.78, 5) is 0.250. The highest BCUT2D eigenvalue weighted by Crippen LogP contribution is 2.36. The lowest BCUT2D eigenvalue weighted by Crippen LogP contribution is -2.08. The normalized spacial score (nSPS) is 11.6. The summed E-state index contributed by atoms with van der Waals surface area (Å²) in [6.07, 6.45) is 1.95. The fraction of sp³-hybridized carbons (Fsp3) is 0.160. The Balaban J connectivity index is 1.81. The average Bonchev–Trinajstić information content (AvgIpc) is 3.17. The second kappa shape index (κ2) is 9.28. The van der Waals surface area contributed by atoms with Crippen molar-refractivity contribution in [2.75, 3.05) is 6.26 Å². The Bertz CT molecular complexity index is 1310. The molecule has 3 aromatic carbocycles. The molecule has 7 heteroatoms. The third kappa shape index (κ3) is 4.78. The van der Waals surface area contributed by atoms with Crippen molar-refractivity contribution < 1.29 is 13.5 Å². The summed E-state index contributed by atoms with van der Waals surface area (Å²) in [6, 6.07) is 24.2. The molecule has 0 fully saturated rings. The van der Waals surface area contributed by atoms with Crippen molar-refractivity contribution in [3.05, 3.63) is 95.1 Å². The van der Waals surface area contributed by atoms with Crippen molar-refractivity contribution in [1.29, 1.82) is 0 Å². The van der Waals surface area contributed by atoms with Crippen molar-refractivity contribution in [1.82, 2.24) is 9.78 Å². The first-order chi connectivity index (χ1) is 15.4. The minimum Gasteiger partial charge on any atom is -0.390 e. The summed E-state index contributed by atoms with van der Waals surface area (Å²) < 4.78 is 25.6. The number of sulfone groups is 1. The van der Waals surface area contributed by atoms with Gasteiger partial charge in [-0.2, -0.15) is 5.10 Å². The van der Waals surface area contributed by atoms with Gasteiger partial charge < -0.3 is 5.11 Å². The molecule has 0 aliphatic carbocycles. The topological polar surface area (TPSA) is 72.2 Å². The van der Waals surface area contributed by atoms with Gasteiger partial charge in [0.1, 0.15) is 5.69 Å². The predicted octanol–water partition coefficient (Wildman–Crippen LogP) is 5.01. The van der Waals surface area contributed by atoms with Crippen LogP contribution in [0.5, 0.6) is 0 Å². The lowest BCUT2D eigenvalue weighted by molar-refractivity contribution is 0.268. The maximum Gasteiger partial charge on any atom is 0.175 e. The molecule has 4 aromatic rings. The van der Waals surface area contributed by atoms with E-state index in [4.69, 9.17) is 16.7 Å². The molecule has 0 aliphatic heterocycles. The number of halogens is 1. The van der Waals surface area contributed by atoms with Crippen LogP contribution in [-0.2, 0) is 29.4 Å². The van der Waals surface area contributed by atoms with Crippen LogP contribution in [0.25, 0.3) is 22.4 Å². The van der Waals surface area contributed by atoms with E-state index < -0.39 is 9.84 Å². The Morgan fingerprint density at radius 1 is 0.906 bits per heavy atom. The van der Waals surface area contributed by atoms with Crippen LogP contribution in [0.1, 0.15) is 11.3 Å². The highest BCUT2D eigenvalue weighted by molar-refractivity contribution is 7.90. The molecule has 0 radical (unpaired) electrons. The first kappa shape index (κ1) is 22.3. The standard InChI is InChI=1S/C25H23ClN2O3S/c1-32(30,31)22-13-9-20(10-14-22)25-24(19-7-11-21(26)12-8-19)23(17-29)28(27-25)16-15-18-5-3-2-4-6-18/h2-14,29H,15-17H2,1H3. The van der Waals surface area contributed by atoms with E-state index in [0.29, 0.717) is 23.0 Å². The Morgan fingerprint density at radius 2 is 1.53 bits per heavy atom. The summed E-state index contributed by atoms with van der Waals surface area (Å²) in [6.45, 7) is 0.420. The van der Waals surface area contributed by atoms with Gasteiger partial charge in [-0.25, -0.2) is 8.42 Å². The molecule has 1 heterocycles. The Hall–Kier alpha value is -2.93. The fourth-order valence-corrected chi connectivity index (χ4v) is 4.46. The molecule has 1 aromatic heterocycles. The lowest BCUT2D eigenvalue weighted by Gasteiger charge is -2.08. The third-order valence-corrected chi connectivity index (χ3v) is 6.73. The maximum atomic E-state index is 11.9. The SMILES string of the molecule is CS(=O)(=O)c1ccc(-c2nn(CCc3ccccc3)c(CO)c2-c2ccc(Cl)cc2)cc1. The molecule has 0 spiro atoms. The van der Waals surface area contributed by atoms with Gasteiger partial charge in [0.15, 0.2) is 9.84 Å². The van der Waals surface area contributed by atoms with Crippen LogP contribution in [0.2, 0.25) is 5.02 Å². The highest BCUT2D eigenvalue weighted by Gasteiger charge is 2.21. The maximum absolute atomic E-state index is 11.9. The smallest absolute Gasteiger partial charge is 0.175 e. The van der Waals surface area contributed by atoms with Gasteiger partial charge in [-0.3, -0.25) is 4.68 Å². The van der Waals surface area contributed by atoms with Gasteiger partial charge in [0, 0.05) is 29.0 Å². The summed E-state index contributed by atoms with van der Waals surface area (Å²) in [5, 5.41) is 15.7.